The lowest BCUT2D eigenvalue weighted by Gasteiger charge is -2.23. The zero-order valence-corrected chi connectivity index (χ0v) is 18.3. The maximum atomic E-state index is 13.4. The molecule has 8 nitrogen and oxygen atoms in total. The number of nitrogens with one attached hydrogen (secondary N) is 1. The van der Waals surface area contributed by atoms with Gasteiger partial charge >= 0.3 is 5.97 Å². The first-order valence-corrected chi connectivity index (χ1v) is 10.9. The molecular weight excluding hydrogens is 424 g/mol. The molecule has 1 spiro atoms. The van der Waals surface area contributed by atoms with E-state index >= 15 is 0 Å². The molecule has 3 aliphatic heterocycles. The number of benzene rings is 2. The highest BCUT2D eigenvalue weighted by Gasteiger charge is 2.67. The molecule has 0 aromatic heterocycles. The van der Waals surface area contributed by atoms with E-state index in [1.807, 2.05) is 24.3 Å². The van der Waals surface area contributed by atoms with Crippen LogP contribution in [0.2, 0.25) is 0 Å². The highest BCUT2D eigenvalue weighted by Crippen LogP contribution is 2.52. The lowest BCUT2D eigenvalue weighted by Crippen LogP contribution is -2.41. The first kappa shape index (κ1) is 21.2. The van der Waals surface area contributed by atoms with Gasteiger partial charge in [-0.3, -0.25) is 9.59 Å². The molecule has 2 bridgehead atoms. The van der Waals surface area contributed by atoms with Crippen LogP contribution in [0.5, 0.6) is 5.75 Å². The average Bonchev–Trinajstić information content (AvgIpc) is 3.47. The van der Waals surface area contributed by atoms with Gasteiger partial charge in [0.2, 0.25) is 11.8 Å². The number of nitrogens with zero attached hydrogens (tertiary/aromatic N) is 1. The first-order valence-electron chi connectivity index (χ1n) is 10.9. The van der Waals surface area contributed by atoms with Crippen molar-refractivity contribution in [2.45, 2.75) is 18.6 Å². The van der Waals surface area contributed by atoms with Crippen LogP contribution in [0.25, 0.3) is 0 Å². The third-order valence-corrected chi connectivity index (χ3v) is 6.43. The molecule has 170 valence electrons. The maximum absolute atomic E-state index is 13.4. The molecular formula is C25H24N2O6. The van der Waals surface area contributed by atoms with Crippen molar-refractivity contribution in [2.24, 2.45) is 11.8 Å². The molecule has 5 rings (SSSR count). The average molecular weight is 448 g/mol. The predicted molar refractivity (Wildman–Crippen MR) is 120 cm³/mol. The van der Waals surface area contributed by atoms with E-state index < -0.39 is 29.5 Å². The van der Waals surface area contributed by atoms with Crippen molar-refractivity contribution in [1.82, 2.24) is 0 Å². The Hall–Kier alpha value is -3.65. The Morgan fingerprint density at radius 1 is 1.21 bits per heavy atom. The molecule has 4 atom stereocenters. The van der Waals surface area contributed by atoms with E-state index in [2.05, 4.69) is 5.32 Å². The van der Waals surface area contributed by atoms with E-state index in [0.29, 0.717) is 23.5 Å². The Balaban J connectivity index is 1.37. The Labute approximate surface area is 191 Å². The van der Waals surface area contributed by atoms with Crippen LogP contribution in [0.1, 0.15) is 17.3 Å². The highest BCUT2D eigenvalue weighted by molar-refractivity contribution is 6.05. The number of methoxy groups -OCH3 is 1. The van der Waals surface area contributed by atoms with Crippen LogP contribution in [-0.2, 0) is 19.1 Å². The molecule has 2 fully saturated rings. The fourth-order valence-corrected chi connectivity index (χ4v) is 4.94. The molecule has 1 N–H and O–H groups in total. The summed E-state index contributed by atoms with van der Waals surface area (Å²) in [6, 6.07) is 13.8. The fraction of sp³-hybridized carbons (Fsp3) is 0.320. The summed E-state index contributed by atoms with van der Waals surface area (Å²) in [4.78, 5) is 40.4. The van der Waals surface area contributed by atoms with Gasteiger partial charge in [-0.05, 0) is 49.4 Å². The van der Waals surface area contributed by atoms with Crippen LogP contribution in [0.15, 0.2) is 60.7 Å². The zero-order chi connectivity index (χ0) is 23.2. The van der Waals surface area contributed by atoms with Crippen LogP contribution in [0.4, 0.5) is 11.4 Å². The quantitative estimate of drug-likeness (QED) is 0.540. The number of anilines is 2. The number of carbonyl (C=O) groups is 3. The minimum absolute atomic E-state index is 0.146. The van der Waals surface area contributed by atoms with Crippen LogP contribution in [-0.4, -0.2) is 49.8 Å². The van der Waals surface area contributed by atoms with E-state index in [-0.39, 0.29) is 18.4 Å². The van der Waals surface area contributed by atoms with E-state index in [1.54, 1.807) is 55.3 Å². The Bertz CT molecular complexity index is 1140. The van der Waals surface area contributed by atoms with Crippen molar-refractivity contribution >= 4 is 29.2 Å². The molecule has 0 aliphatic carbocycles. The summed E-state index contributed by atoms with van der Waals surface area (Å²) in [5.41, 5.74) is 0.712. The van der Waals surface area contributed by atoms with Gasteiger partial charge in [0.1, 0.15) is 11.4 Å². The monoisotopic (exact) mass is 448 g/mol. The maximum Gasteiger partial charge on any atom is 0.338 e. The van der Waals surface area contributed by atoms with E-state index in [1.165, 1.54) is 0 Å². The largest absolute Gasteiger partial charge is 0.497 e. The van der Waals surface area contributed by atoms with Crippen molar-refractivity contribution in [2.75, 3.05) is 30.5 Å². The summed E-state index contributed by atoms with van der Waals surface area (Å²) >= 11 is 0. The van der Waals surface area contributed by atoms with Gasteiger partial charge in [0.15, 0.2) is 0 Å². The summed E-state index contributed by atoms with van der Waals surface area (Å²) in [6.07, 6.45) is 3.31. The minimum atomic E-state index is -0.823. The number of ether oxygens (including phenoxy) is 3. The smallest absolute Gasteiger partial charge is 0.338 e. The number of amides is 2. The molecule has 2 saturated heterocycles. The molecule has 33 heavy (non-hydrogen) atoms. The van der Waals surface area contributed by atoms with Gasteiger partial charge < -0.3 is 24.4 Å². The van der Waals surface area contributed by atoms with Gasteiger partial charge in [-0.15, -0.1) is 0 Å². The SMILES string of the molecule is CCOC(=O)c1cccc(NC(=O)[C@@H]2[C@H]3C(=O)N(c4ccc(OC)cc4)C[C@@]34C=C[C@H]2O4)c1. The molecule has 0 saturated carbocycles. The Morgan fingerprint density at radius 3 is 2.73 bits per heavy atom. The Morgan fingerprint density at radius 2 is 2.00 bits per heavy atom. The van der Waals surface area contributed by atoms with Gasteiger partial charge in [0, 0.05) is 11.4 Å². The zero-order valence-electron chi connectivity index (χ0n) is 18.3. The van der Waals surface area contributed by atoms with Crippen LogP contribution in [0.3, 0.4) is 0 Å². The second-order valence-corrected chi connectivity index (χ2v) is 8.31. The van der Waals surface area contributed by atoms with E-state index in [0.717, 1.165) is 5.69 Å². The third kappa shape index (κ3) is 3.47. The topological polar surface area (TPSA) is 94.2 Å². The predicted octanol–water partition coefficient (Wildman–Crippen LogP) is 2.80. The van der Waals surface area contributed by atoms with Crippen molar-refractivity contribution < 1.29 is 28.6 Å². The van der Waals surface area contributed by atoms with Crippen LogP contribution < -0.4 is 15.0 Å². The second kappa shape index (κ2) is 8.04. The van der Waals surface area contributed by atoms with Crippen LogP contribution in [0, 0.1) is 11.8 Å². The Kier molecular flexibility index (Phi) is 5.17. The standard InChI is InChI=1S/C25H24N2O6/c1-3-32-24(30)15-5-4-6-16(13-15)26-22(28)20-19-11-12-25(33-19)14-27(23(29)21(20)25)17-7-9-18(31-2)10-8-17/h4-13,19-21H,3,14H2,1-2H3,(H,26,28)/t19-,20+,21+,25+/m1/s1. The van der Waals surface area contributed by atoms with Gasteiger partial charge in [0.25, 0.3) is 0 Å². The summed E-state index contributed by atoms with van der Waals surface area (Å²) in [6.45, 7) is 2.34. The van der Waals surface area contributed by atoms with Crippen molar-refractivity contribution in [1.29, 1.82) is 0 Å². The molecule has 2 aromatic carbocycles. The first-order chi connectivity index (χ1) is 16.0. The normalized spacial score (nSPS) is 26.9. The molecule has 2 amide bonds. The summed E-state index contributed by atoms with van der Waals surface area (Å²) < 4.78 is 16.4. The number of hydrogen-bond donors (Lipinski definition) is 1. The highest BCUT2D eigenvalue weighted by atomic mass is 16.5. The van der Waals surface area contributed by atoms with Crippen molar-refractivity contribution in [3.63, 3.8) is 0 Å². The van der Waals surface area contributed by atoms with E-state index in [9.17, 15) is 14.4 Å². The minimum Gasteiger partial charge on any atom is -0.497 e. The molecule has 3 aliphatic rings. The van der Waals surface area contributed by atoms with Crippen molar-refractivity contribution in [3.05, 3.63) is 66.2 Å². The molecule has 8 heteroatoms. The van der Waals surface area contributed by atoms with Crippen LogP contribution >= 0.6 is 0 Å². The van der Waals surface area contributed by atoms with Gasteiger partial charge in [-0.25, -0.2) is 4.79 Å². The molecule has 0 unspecified atom stereocenters. The number of rotatable bonds is 6. The van der Waals surface area contributed by atoms with Gasteiger partial charge in [-0.2, -0.15) is 0 Å². The van der Waals surface area contributed by atoms with Crippen molar-refractivity contribution in [3.8, 4) is 5.75 Å². The molecule has 3 heterocycles. The number of carbonyl (C=O) groups excluding carboxylic acids is 3. The second-order valence-electron chi connectivity index (χ2n) is 8.31. The summed E-state index contributed by atoms with van der Waals surface area (Å²) in [5, 5.41) is 2.86. The molecule has 2 aromatic rings. The third-order valence-electron chi connectivity index (χ3n) is 6.43. The summed E-state index contributed by atoms with van der Waals surface area (Å²) in [5.74, 6) is -1.52. The lowest BCUT2D eigenvalue weighted by atomic mass is 9.76. The number of esters is 1. The lowest BCUT2D eigenvalue weighted by molar-refractivity contribution is -0.128. The van der Waals surface area contributed by atoms with E-state index in [4.69, 9.17) is 14.2 Å². The number of fused-ring (bicyclic) bond motifs is 1. The van der Waals surface area contributed by atoms with Gasteiger partial charge in [0.05, 0.1) is 43.8 Å². The molecule has 0 radical (unpaired) electrons. The number of hydrogen-bond acceptors (Lipinski definition) is 6. The summed E-state index contributed by atoms with van der Waals surface area (Å²) in [7, 11) is 1.59. The van der Waals surface area contributed by atoms with Gasteiger partial charge in [-0.1, -0.05) is 18.2 Å². The fourth-order valence-electron chi connectivity index (χ4n) is 4.94.